The molecule has 4 heteroatoms. The molecule has 1 aromatic rings. The van der Waals surface area contributed by atoms with Crippen molar-refractivity contribution in [1.82, 2.24) is 10.2 Å². The molecule has 0 unspecified atom stereocenters. The van der Waals surface area contributed by atoms with Crippen LogP contribution in [0.3, 0.4) is 0 Å². The van der Waals surface area contributed by atoms with Crippen molar-refractivity contribution < 1.29 is 0 Å². The molecule has 1 fully saturated rings. The molecule has 0 spiro atoms. The zero-order valence-corrected chi connectivity index (χ0v) is 13.2. The van der Waals surface area contributed by atoms with Gasteiger partial charge in [-0.3, -0.25) is 4.90 Å². The maximum absolute atomic E-state index is 3.69. The second-order valence-electron chi connectivity index (χ2n) is 5.69. The summed E-state index contributed by atoms with van der Waals surface area (Å²) >= 11 is 5.56. The van der Waals surface area contributed by atoms with Gasteiger partial charge in [-0.05, 0) is 32.8 Å². The SMILES string of the molecule is CC(C)(C)[C@H](c1sccc1Br)N1CCNCC1. The average Bonchev–Trinajstić information content (AvgIpc) is 2.65. The Morgan fingerprint density at radius 3 is 2.47 bits per heavy atom. The summed E-state index contributed by atoms with van der Waals surface area (Å²) in [5.74, 6) is 0. The Morgan fingerprint density at radius 1 is 1.35 bits per heavy atom. The van der Waals surface area contributed by atoms with Crippen LogP contribution in [-0.2, 0) is 0 Å². The van der Waals surface area contributed by atoms with E-state index in [1.165, 1.54) is 9.35 Å². The molecule has 0 radical (unpaired) electrons. The maximum atomic E-state index is 3.69. The quantitative estimate of drug-likeness (QED) is 0.898. The van der Waals surface area contributed by atoms with Crippen LogP contribution in [-0.4, -0.2) is 31.1 Å². The van der Waals surface area contributed by atoms with Crippen molar-refractivity contribution in [2.45, 2.75) is 26.8 Å². The highest BCUT2D eigenvalue weighted by Crippen LogP contribution is 2.43. The minimum atomic E-state index is 0.269. The standard InChI is InChI=1S/C13H21BrN2S/c1-13(2,3)12(11-10(14)4-9-17-11)16-7-5-15-6-8-16/h4,9,12,15H,5-8H2,1-3H3/t12-/m0/s1. The lowest BCUT2D eigenvalue weighted by Gasteiger charge is -2.42. The number of hydrogen-bond donors (Lipinski definition) is 1. The summed E-state index contributed by atoms with van der Waals surface area (Å²) in [5, 5.41) is 5.61. The van der Waals surface area contributed by atoms with Crippen LogP contribution in [0.4, 0.5) is 0 Å². The average molecular weight is 317 g/mol. The van der Waals surface area contributed by atoms with E-state index in [4.69, 9.17) is 0 Å². The van der Waals surface area contributed by atoms with Gasteiger partial charge in [0.15, 0.2) is 0 Å². The van der Waals surface area contributed by atoms with E-state index in [2.05, 4.69) is 58.4 Å². The predicted octanol–water partition coefficient (Wildman–Crippen LogP) is 3.50. The van der Waals surface area contributed by atoms with Crippen LogP contribution in [0.5, 0.6) is 0 Å². The van der Waals surface area contributed by atoms with Crippen LogP contribution in [0, 0.1) is 5.41 Å². The van der Waals surface area contributed by atoms with Crippen molar-refractivity contribution >= 4 is 27.3 Å². The van der Waals surface area contributed by atoms with Crippen LogP contribution >= 0.6 is 27.3 Å². The molecule has 96 valence electrons. The molecule has 1 saturated heterocycles. The monoisotopic (exact) mass is 316 g/mol. The van der Waals surface area contributed by atoms with Gasteiger partial charge >= 0.3 is 0 Å². The zero-order chi connectivity index (χ0) is 12.5. The molecular formula is C13H21BrN2S. The number of hydrogen-bond acceptors (Lipinski definition) is 3. The Morgan fingerprint density at radius 2 is 2.00 bits per heavy atom. The van der Waals surface area contributed by atoms with Gasteiger partial charge in [-0.2, -0.15) is 0 Å². The van der Waals surface area contributed by atoms with Gasteiger partial charge in [-0.25, -0.2) is 0 Å². The molecule has 1 aliphatic rings. The fourth-order valence-corrected chi connectivity index (χ4v) is 4.51. The highest BCUT2D eigenvalue weighted by Gasteiger charge is 2.34. The van der Waals surface area contributed by atoms with E-state index in [1.807, 2.05) is 11.3 Å². The summed E-state index contributed by atoms with van der Waals surface area (Å²) in [7, 11) is 0. The molecule has 1 aromatic heterocycles. The molecule has 1 N–H and O–H groups in total. The van der Waals surface area contributed by atoms with Crippen molar-refractivity contribution in [2.75, 3.05) is 26.2 Å². The summed E-state index contributed by atoms with van der Waals surface area (Å²) in [6, 6.07) is 2.68. The van der Waals surface area contributed by atoms with Gasteiger partial charge in [0, 0.05) is 35.5 Å². The fraction of sp³-hybridized carbons (Fsp3) is 0.692. The van der Waals surface area contributed by atoms with E-state index in [0.29, 0.717) is 6.04 Å². The van der Waals surface area contributed by atoms with Gasteiger partial charge in [-0.15, -0.1) is 11.3 Å². The topological polar surface area (TPSA) is 15.3 Å². The van der Waals surface area contributed by atoms with Gasteiger partial charge in [0.25, 0.3) is 0 Å². The molecule has 2 rings (SSSR count). The van der Waals surface area contributed by atoms with E-state index >= 15 is 0 Å². The van der Waals surface area contributed by atoms with Gasteiger partial charge in [0.05, 0.1) is 6.04 Å². The largest absolute Gasteiger partial charge is 0.314 e. The van der Waals surface area contributed by atoms with Crippen molar-refractivity contribution in [3.8, 4) is 0 Å². The Balaban J connectivity index is 2.28. The summed E-state index contributed by atoms with van der Waals surface area (Å²) < 4.78 is 1.26. The predicted molar refractivity (Wildman–Crippen MR) is 78.7 cm³/mol. The normalized spacial score (nSPS) is 20.5. The van der Waals surface area contributed by atoms with E-state index in [-0.39, 0.29) is 5.41 Å². The number of thiophene rings is 1. The first-order chi connectivity index (χ1) is 8.00. The smallest absolute Gasteiger partial charge is 0.0502 e. The highest BCUT2D eigenvalue weighted by atomic mass is 79.9. The second-order valence-corrected chi connectivity index (χ2v) is 7.49. The molecule has 0 bridgehead atoms. The summed E-state index contributed by atoms with van der Waals surface area (Å²) in [6.07, 6.45) is 0. The van der Waals surface area contributed by atoms with Gasteiger partial charge in [-0.1, -0.05) is 20.8 Å². The number of nitrogens with zero attached hydrogens (tertiary/aromatic N) is 1. The first kappa shape index (κ1) is 13.5. The summed E-state index contributed by atoms with van der Waals surface area (Å²) in [6.45, 7) is 11.5. The molecule has 1 atom stereocenters. The third-order valence-electron chi connectivity index (χ3n) is 3.23. The van der Waals surface area contributed by atoms with E-state index in [0.717, 1.165) is 26.2 Å². The first-order valence-electron chi connectivity index (χ1n) is 6.18. The van der Waals surface area contributed by atoms with Crippen molar-refractivity contribution in [2.24, 2.45) is 5.41 Å². The lowest BCUT2D eigenvalue weighted by Crippen LogP contribution is -2.48. The summed E-state index contributed by atoms with van der Waals surface area (Å²) in [5.41, 5.74) is 0.269. The molecule has 1 aliphatic heterocycles. The second kappa shape index (κ2) is 5.39. The van der Waals surface area contributed by atoms with Crippen LogP contribution in [0.15, 0.2) is 15.9 Å². The lowest BCUT2D eigenvalue weighted by molar-refractivity contribution is 0.0883. The van der Waals surface area contributed by atoms with E-state index < -0.39 is 0 Å². The Kier molecular flexibility index (Phi) is 4.29. The van der Waals surface area contributed by atoms with Crippen LogP contribution in [0.25, 0.3) is 0 Å². The first-order valence-corrected chi connectivity index (χ1v) is 7.85. The minimum absolute atomic E-state index is 0.269. The van der Waals surface area contributed by atoms with Crippen LogP contribution in [0.1, 0.15) is 31.7 Å². The molecule has 17 heavy (non-hydrogen) atoms. The number of nitrogens with one attached hydrogen (secondary N) is 1. The molecule has 0 saturated carbocycles. The lowest BCUT2D eigenvalue weighted by atomic mass is 9.84. The van der Waals surface area contributed by atoms with Gasteiger partial charge < -0.3 is 5.32 Å². The molecule has 0 amide bonds. The van der Waals surface area contributed by atoms with Crippen LogP contribution < -0.4 is 5.32 Å². The van der Waals surface area contributed by atoms with Gasteiger partial charge in [0.2, 0.25) is 0 Å². The van der Waals surface area contributed by atoms with Gasteiger partial charge in [0.1, 0.15) is 0 Å². The Bertz CT molecular complexity index is 364. The Hall–Kier alpha value is 0.1000. The molecule has 0 aromatic carbocycles. The molecule has 2 heterocycles. The molecule has 2 nitrogen and oxygen atoms in total. The van der Waals surface area contributed by atoms with E-state index in [9.17, 15) is 0 Å². The number of rotatable bonds is 2. The Labute approximate surface area is 117 Å². The maximum Gasteiger partial charge on any atom is 0.0502 e. The summed E-state index contributed by atoms with van der Waals surface area (Å²) in [4.78, 5) is 4.09. The van der Waals surface area contributed by atoms with Crippen molar-refractivity contribution in [3.63, 3.8) is 0 Å². The third-order valence-corrected chi connectivity index (χ3v) is 5.15. The van der Waals surface area contributed by atoms with Crippen LogP contribution in [0.2, 0.25) is 0 Å². The van der Waals surface area contributed by atoms with E-state index in [1.54, 1.807) is 0 Å². The van der Waals surface area contributed by atoms with Crippen molar-refractivity contribution in [1.29, 1.82) is 0 Å². The number of halogens is 1. The third kappa shape index (κ3) is 3.11. The fourth-order valence-electron chi connectivity index (χ4n) is 2.55. The van der Waals surface area contributed by atoms with Crippen molar-refractivity contribution in [3.05, 3.63) is 20.8 Å². The molecular weight excluding hydrogens is 296 g/mol. The zero-order valence-electron chi connectivity index (χ0n) is 10.8. The minimum Gasteiger partial charge on any atom is -0.314 e. The number of piperazine rings is 1. The highest BCUT2D eigenvalue weighted by molar-refractivity contribution is 9.10. The molecule has 0 aliphatic carbocycles.